The van der Waals surface area contributed by atoms with E-state index in [1.54, 1.807) is 6.07 Å². The molecular weight excluding hydrogens is 469 g/mol. The smallest absolute Gasteiger partial charge is 0.410 e. The molecule has 12 heteroatoms. The second-order valence-electron chi connectivity index (χ2n) is 9.19. The Morgan fingerprint density at radius 2 is 1.91 bits per heavy atom. The Hall–Kier alpha value is -2.18. The standard InChI is InChI=1S/C22H32FN3O7S/c1-13-10-17(25-34(3,28)29)18-12-33-15-6-4-14(5-7-15)16-11-19(30-2)20(23)21(24-16)31-8-9-32-22(27)26(13)18/h11,13-15,17-18,25H,4-10,12H2,1-3H3/t13-,14?,15?,17+,18+/m1/s1. The Bertz CT molecular complexity index is 1000. The lowest BCUT2D eigenvalue weighted by molar-refractivity contribution is -0.0119. The fourth-order valence-electron chi connectivity index (χ4n) is 5.13. The zero-order chi connectivity index (χ0) is 24.5. The molecule has 1 aromatic heterocycles. The number of halogens is 1. The number of carbonyl (C=O) groups is 1. The van der Waals surface area contributed by atoms with Crippen LogP contribution in [-0.4, -0.2) is 81.8 Å². The molecule has 0 unspecified atom stereocenters. The largest absolute Gasteiger partial charge is 0.493 e. The van der Waals surface area contributed by atoms with E-state index in [4.69, 9.17) is 18.9 Å². The van der Waals surface area contributed by atoms with Gasteiger partial charge >= 0.3 is 6.09 Å². The highest BCUT2D eigenvalue weighted by molar-refractivity contribution is 7.88. The van der Waals surface area contributed by atoms with Gasteiger partial charge in [0.15, 0.2) is 5.75 Å². The number of pyridine rings is 1. The summed E-state index contributed by atoms with van der Waals surface area (Å²) in [5.41, 5.74) is 0.698. The highest BCUT2D eigenvalue weighted by Crippen LogP contribution is 2.37. The quantitative estimate of drug-likeness (QED) is 0.670. The number of hydrogen-bond acceptors (Lipinski definition) is 8. The van der Waals surface area contributed by atoms with Crippen molar-refractivity contribution in [1.29, 1.82) is 0 Å². The molecule has 3 aliphatic heterocycles. The summed E-state index contributed by atoms with van der Waals surface area (Å²) in [6.45, 7) is 1.82. The van der Waals surface area contributed by atoms with Crippen LogP contribution in [0.1, 0.15) is 50.6 Å². The first-order valence-corrected chi connectivity index (χ1v) is 13.5. The lowest BCUT2D eigenvalue weighted by Crippen LogP contribution is -2.50. The van der Waals surface area contributed by atoms with Crippen molar-refractivity contribution in [3.8, 4) is 11.6 Å². The predicted octanol–water partition coefficient (Wildman–Crippen LogP) is 2.18. The fourth-order valence-corrected chi connectivity index (χ4v) is 5.93. The lowest BCUT2D eigenvalue weighted by atomic mass is 9.85. The van der Waals surface area contributed by atoms with E-state index in [1.165, 1.54) is 12.0 Å². The number of rotatable bonds is 3. The topological polar surface area (TPSA) is 116 Å². The highest BCUT2D eigenvalue weighted by atomic mass is 32.2. The third kappa shape index (κ3) is 5.55. The molecule has 1 aliphatic carbocycles. The molecule has 1 amide bonds. The summed E-state index contributed by atoms with van der Waals surface area (Å²) in [6, 6.07) is 0.376. The lowest BCUT2D eigenvalue weighted by Gasteiger charge is -2.33. The molecule has 4 heterocycles. The molecule has 4 bridgehead atoms. The van der Waals surface area contributed by atoms with Crippen LogP contribution in [0.25, 0.3) is 0 Å². The molecule has 3 atom stereocenters. The Balaban J connectivity index is 1.58. The SMILES string of the molecule is COc1cc2nc(c1F)OCCOC(=O)N1[C@H](C)C[C@H](NS(C)(=O)=O)[C@@H]1COC1CCC2CC1. The van der Waals surface area contributed by atoms with Crippen LogP contribution < -0.4 is 14.2 Å². The van der Waals surface area contributed by atoms with Gasteiger partial charge in [-0.05, 0) is 39.0 Å². The minimum absolute atomic E-state index is 0.0325. The second-order valence-corrected chi connectivity index (χ2v) is 11.0. The summed E-state index contributed by atoms with van der Waals surface area (Å²) in [6.07, 6.45) is 4.03. The van der Waals surface area contributed by atoms with Crippen LogP contribution in [0.4, 0.5) is 9.18 Å². The number of ether oxygens (including phenoxy) is 4. The first kappa shape index (κ1) is 24.9. The minimum atomic E-state index is -3.47. The van der Waals surface area contributed by atoms with Gasteiger partial charge in [-0.2, -0.15) is 4.39 Å². The summed E-state index contributed by atoms with van der Waals surface area (Å²) in [4.78, 5) is 18.8. The maximum absolute atomic E-state index is 14.7. The van der Waals surface area contributed by atoms with E-state index in [2.05, 4.69) is 9.71 Å². The first-order valence-electron chi connectivity index (χ1n) is 11.6. The van der Waals surface area contributed by atoms with Gasteiger partial charge in [-0.3, -0.25) is 4.90 Å². The first-order chi connectivity index (χ1) is 16.2. The molecule has 10 nitrogen and oxygen atoms in total. The molecule has 34 heavy (non-hydrogen) atoms. The Labute approximate surface area is 199 Å². The van der Waals surface area contributed by atoms with Gasteiger partial charge in [0, 0.05) is 24.1 Å². The minimum Gasteiger partial charge on any atom is -0.493 e. The van der Waals surface area contributed by atoms with E-state index in [-0.39, 0.29) is 49.5 Å². The number of nitrogens with one attached hydrogen (secondary N) is 1. The number of methoxy groups -OCH3 is 1. The van der Waals surface area contributed by atoms with Gasteiger partial charge in [0.25, 0.3) is 5.88 Å². The Morgan fingerprint density at radius 1 is 1.21 bits per heavy atom. The van der Waals surface area contributed by atoms with Crippen molar-refractivity contribution in [2.75, 3.05) is 33.2 Å². The summed E-state index contributed by atoms with van der Waals surface area (Å²) < 4.78 is 63.4. The Kier molecular flexibility index (Phi) is 7.48. The van der Waals surface area contributed by atoms with E-state index < -0.39 is 34.0 Å². The Morgan fingerprint density at radius 3 is 2.59 bits per heavy atom. The molecule has 0 aromatic carbocycles. The summed E-state index contributed by atoms with van der Waals surface area (Å²) in [7, 11) is -2.08. The van der Waals surface area contributed by atoms with Crippen LogP contribution in [-0.2, 0) is 19.5 Å². The van der Waals surface area contributed by atoms with Gasteiger partial charge in [-0.1, -0.05) is 0 Å². The van der Waals surface area contributed by atoms with Crippen molar-refractivity contribution in [3.05, 3.63) is 17.6 Å². The molecular formula is C22H32FN3O7S. The maximum Gasteiger partial charge on any atom is 0.410 e. The van der Waals surface area contributed by atoms with E-state index in [0.717, 1.165) is 31.9 Å². The summed E-state index contributed by atoms with van der Waals surface area (Å²) in [5, 5.41) is 0. The molecule has 5 rings (SSSR count). The highest BCUT2D eigenvalue weighted by Gasteiger charge is 2.44. The molecule has 1 aromatic rings. The number of fused-ring (bicyclic) bond motifs is 7. The predicted molar refractivity (Wildman–Crippen MR) is 120 cm³/mol. The van der Waals surface area contributed by atoms with Crippen molar-refractivity contribution >= 4 is 16.1 Å². The number of aromatic nitrogens is 1. The zero-order valence-electron chi connectivity index (χ0n) is 19.7. The van der Waals surface area contributed by atoms with E-state index in [0.29, 0.717) is 12.1 Å². The van der Waals surface area contributed by atoms with Crippen LogP contribution >= 0.6 is 0 Å². The molecule has 0 spiro atoms. The summed E-state index contributed by atoms with van der Waals surface area (Å²) in [5.74, 6) is -0.695. The van der Waals surface area contributed by atoms with Crippen LogP contribution in [0.3, 0.4) is 0 Å². The molecule has 190 valence electrons. The average molecular weight is 502 g/mol. The average Bonchev–Trinajstić information content (AvgIpc) is 3.08. The van der Waals surface area contributed by atoms with Crippen molar-refractivity contribution in [2.24, 2.45) is 0 Å². The van der Waals surface area contributed by atoms with Gasteiger partial charge in [0.05, 0.1) is 37.8 Å². The van der Waals surface area contributed by atoms with Crippen molar-refractivity contribution in [2.45, 2.75) is 69.2 Å². The van der Waals surface area contributed by atoms with Gasteiger partial charge in [0.1, 0.15) is 13.2 Å². The number of nitrogens with zero attached hydrogens (tertiary/aromatic N) is 2. The number of hydrogen-bond donors (Lipinski definition) is 1. The van der Waals surface area contributed by atoms with Crippen molar-refractivity contribution < 1.29 is 36.6 Å². The van der Waals surface area contributed by atoms with E-state index in [9.17, 15) is 17.6 Å². The molecule has 2 fully saturated rings. The monoisotopic (exact) mass is 501 g/mol. The van der Waals surface area contributed by atoms with Crippen LogP contribution in [0.5, 0.6) is 11.6 Å². The van der Waals surface area contributed by atoms with E-state index >= 15 is 0 Å². The number of amides is 1. The maximum atomic E-state index is 14.7. The fraction of sp³-hybridized carbons (Fsp3) is 0.727. The third-order valence-corrected chi connectivity index (χ3v) is 7.48. The zero-order valence-corrected chi connectivity index (χ0v) is 20.5. The molecule has 1 saturated carbocycles. The summed E-state index contributed by atoms with van der Waals surface area (Å²) >= 11 is 0. The molecule has 1 saturated heterocycles. The van der Waals surface area contributed by atoms with Gasteiger partial charge in [-0.15, -0.1) is 0 Å². The van der Waals surface area contributed by atoms with Crippen LogP contribution in [0, 0.1) is 5.82 Å². The number of carbonyl (C=O) groups excluding carboxylic acids is 1. The van der Waals surface area contributed by atoms with Gasteiger partial charge in [0.2, 0.25) is 15.8 Å². The van der Waals surface area contributed by atoms with Crippen molar-refractivity contribution in [3.63, 3.8) is 0 Å². The third-order valence-electron chi connectivity index (χ3n) is 6.74. The molecule has 4 aliphatic rings. The molecule has 0 radical (unpaired) electrons. The second kappa shape index (κ2) is 10.2. The van der Waals surface area contributed by atoms with Crippen LogP contribution in [0.2, 0.25) is 0 Å². The van der Waals surface area contributed by atoms with Crippen molar-refractivity contribution in [1.82, 2.24) is 14.6 Å². The molecule has 1 N–H and O–H groups in total. The van der Waals surface area contributed by atoms with Gasteiger partial charge in [-0.25, -0.2) is 22.9 Å². The van der Waals surface area contributed by atoms with Crippen LogP contribution in [0.15, 0.2) is 6.07 Å². The van der Waals surface area contributed by atoms with Gasteiger partial charge < -0.3 is 18.9 Å². The van der Waals surface area contributed by atoms with E-state index in [1.807, 2.05) is 6.92 Å². The number of sulfonamides is 1. The normalized spacial score (nSPS) is 30.4.